The molecule has 2 aromatic rings. The predicted molar refractivity (Wildman–Crippen MR) is 82.8 cm³/mol. The zero-order valence-electron chi connectivity index (χ0n) is 11.6. The number of carbonyl (C=O) groups is 2. The van der Waals surface area contributed by atoms with Crippen molar-refractivity contribution >= 4 is 39.5 Å². The van der Waals surface area contributed by atoms with Crippen LogP contribution in [0.2, 0.25) is 0 Å². The Hall–Kier alpha value is -1.53. The van der Waals surface area contributed by atoms with Crippen molar-refractivity contribution in [2.45, 2.75) is 33.6 Å². The Morgan fingerprint density at radius 2 is 1.90 bits per heavy atom. The Labute approximate surface area is 125 Å². The van der Waals surface area contributed by atoms with E-state index in [4.69, 9.17) is 0 Å². The number of carbonyl (C=O) groups excluding carboxylic acids is 2. The van der Waals surface area contributed by atoms with Crippen molar-refractivity contribution in [3.05, 3.63) is 32.5 Å². The number of amides is 1. The number of thiophene rings is 1. The second-order valence-corrected chi connectivity index (χ2v) is 7.27. The molecule has 2 rings (SSSR count). The van der Waals surface area contributed by atoms with E-state index in [0.717, 1.165) is 20.2 Å². The van der Waals surface area contributed by atoms with Gasteiger partial charge in [-0.25, -0.2) is 4.98 Å². The van der Waals surface area contributed by atoms with Crippen LogP contribution in [0.1, 0.15) is 37.8 Å². The van der Waals surface area contributed by atoms with Gasteiger partial charge in [0, 0.05) is 39.2 Å². The third-order valence-electron chi connectivity index (χ3n) is 2.79. The van der Waals surface area contributed by atoms with E-state index in [-0.39, 0.29) is 24.5 Å². The van der Waals surface area contributed by atoms with E-state index in [9.17, 15) is 9.59 Å². The molecule has 0 saturated heterocycles. The standard InChI is InChI=1S/C14H16N2O2S2/c1-8-6-11(10(3)19-8)12(17)4-5-13(18)16-14-15-7-9(2)20-14/h6-7H,4-5H2,1-3H3,(H,15,16,18). The van der Waals surface area contributed by atoms with E-state index >= 15 is 0 Å². The summed E-state index contributed by atoms with van der Waals surface area (Å²) < 4.78 is 0. The minimum Gasteiger partial charge on any atom is -0.302 e. The summed E-state index contributed by atoms with van der Waals surface area (Å²) in [6.45, 7) is 5.84. The van der Waals surface area contributed by atoms with Crippen LogP contribution in [0.3, 0.4) is 0 Å². The molecule has 6 heteroatoms. The van der Waals surface area contributed by atoms with E-state index < -0.39 is 0 Å². The van der Waals surface area contributed by atoms with E-state index in [2.05, 4.69) is 10.3 Å². The maximum atomic E-state index is 12.1. The van der Waals surface area contributed by atoms with Crippen molar-refractivity contribution in [3.63, 3.8) is 0 Å². The van der Waals surface area contributed by atoms with Crippen molar-refractivity contribution in [2.75, 3.05) is 5.32 Å². The lowest BCUT2D eigenvalue weighted by molar-refractivity contribution is -0.116. The molecule has 0 fully saturated rings. The highest BCUT2D eigenvalue weighted by Crippen LogP contribution is 2.22. The topological polar surface area (TPSA) is 59.1 Å². The number of hydrogen-bond donors (Lipinski definition) is 1. The van der Waals surface area contributed by atoms with Gasteiger partial charge < -0.3 is 5.32 Å². The summed E-state index contributed by atoms with van der Waals surface area (Å²) in [7, 11) is 0. The lowest BCUT2D eigenvalue weighted by Gasteiger charge is -2.01. The van der Waals surface area contributed by atoms with Gasteiger partial charge in [0.25, 0.3) is 0 Å². The number of thiazole rings is 1. The third kappa shape index (κ3) is 3.74. The largest absolute Gasteiger partial charge is 0.302 e. The first-order chi connectivity index (χ1) is 9.45. The summed E-state index contributed by atoms with van der Waals surface area (Å²) in [5, 5.41) is 3.29. The average Bonchev–Trinajstić information content (AvgIpc) is 2.92. The molecule has 106 valence electrons. The molecule has 4 nitrogen and oxygen atoms in total. The van der Waals surface area contributed by atoms with Crippen LogP contribution in [0.5, 0.6) is 0 Å². The Bertz CT molecular complexity index is 643. The molecule has 0 aliphatic carbocycles. The van der Waals surface area contributed by atoms with Gasteiger partial charge in [-0.05, 0) is 26.8 Å². The van der Waals surface area contributed by atoms with Crippen LogP contribution < -0.4 is 5.32 Å². The Morgan fingerprint density at radius 1 is 1.15 bits per heavy atom. The maximum Gasteiger partial charge on any atom is 0.226 e. The highest BCUT2D eigenvalue weighted by molar-refractivity contribution is 7.15. The van der Waals surface area contributed by atoms with Gasteiger partial charge in [0.15, 0.2) is 10.9 Å². The Kier molecular flexibility index (Phi) is 4.67. The fourth-order valence-corrected chi connectivity index (χ4v) is 3.49. The first kappa shape index (κ1) is 14.9. The number of aromatic nitrogens is 1. The molecule has 2 aromatic heterocycles. The zero-order chi connectivity index (χ0) is 14.7. The molecular weight excluding hydrogens is 292 g/mol. The molecule has 0 spiro atoms. The summed E-state index contributed by atoms with van der Waals surface area (Å²) in [6.07, 6.45) is 2.13. The van der Waals surface area contributed by atoms with Gasteiger partial charge in [-0.3, -0.25) is 9.59 Å². The van der Waals surface area contributed by atoms with Crippen molar-refractivity contribution in [1.29, 1.82) is 0 Å². The minimum atomic E-state index is -0.169. The first-order valence-electron chi connectivity index (χ1n) is 6.28. The number of nitrogens with zero attached hydrogens (tertiary/aromatic N) is 1. The molecule has 0 bridgehead atoms. The van der Waals surface area contributed by atoms with Crippen LogP contribution in [0.4, 0.5) is 5.13 Å². The fourth-order valence-electron chi connectivity index (χ4n) is 1.86. The normalized spacial score (nSPS) is 10.6. The summed E-state index contributed by atoms with van der Waals surface area (Å²) in [4.78, 5) is 31.0. The molecule has 1 N–H and O–H groups in total. The molecule has 0 unspecified atom stereocenters. The summed E-state index contributed by atoms with van der Waals surface area (Å²) in [5.74, 6) is -0.144. The van der Waals surface area contributed by atoms with Gasteiger partial charge in [-0.2, -0.15) is 0 Å². The zero-order valence-corrected chi connectivity index (χ0v) is 13.3. The van der Waals surface area contributed by atoms with Gasteiger partial charge in [0.1, 0.15) is 0 Å². The molecule has 2 heterocycles. The molecule has 0 aliphatic heterocycles. The van der Waals surface area contributed by atoms with E-state index in [1.54, 1.807) is 17.5 Å². The first-order valence-corrected chi connectivity index (χ1v) is 7.91. The van der Waals surface area contributed by atoms with Crippen molar-refractivity contribution < 1.29 is 9.59 Å². The number of Topliss-reactive ketones (excluding diaryl/α,β-unsaturated/α-hetero) is 1. The maximum absolute atomic E-state index is 12.1. The molecule has 0 saturated carbocycles. The molecule has 20 heavy (non-hydrogen) atoms. The Balaban J connectivity index is 1.87. The highest BCUT2D eigenvalue weighted by atomic mass is 32.1. The van der Waals surface area contributed by atoms with E-state index in [1.165, 1.54) is 11.3 Å². The number of rotatable bonds is 5. The van der Waals surface area contributed by atoms with E-state index in [1.807, 2.05) is 26.8 Å². The van der Waals surface area contributed by atoms with Crippen molar-refractivity contribution in [3.8, 4) is 0 Å². The van der Waals surface area contributed by atoms with Crippen LogP contribution in [0.15, 0.2) is 12.3 Å². The lowest BCUT2D eigenvalue weighted by atomic mass is 10.1. The smallest absolute Gasteiger partial charge is 0.226 e. The molecule has 1 amide bonds. The second-order valence-electron chi connectivity index (χ2n) is 4.57. The van der Waals surface area contributed by atoms with Crippen LogP contribution in [0, 0.1) is 20.8 Å². The van der Waals surface area contributed by atoms with Gasteiger partial charge in [0.2, 0.25) is 5.91 Å². The quantitative estimate of drug-likeness (QED) is 0.856. The number of nitrogens with one attached hydrogen (secondary N) is 1. The number of aryl methyl sites for hydroxylation is 3. The van der Waals surface area contributed by atoms with Crippen LogP contribution in [0.25, 0.3) is 0 Å². The number of anilines is 1. The van der Waals surface area contributed by atoms with Gasteiger partial charge >= 0.3 is 0 Å². The van der Waals surface area contributed by atoms with Gasteiger partial charge in [0.05, 0.1) is 0 Å². The summed E-state index contributed by atoms with van der Waals surface area (Å²) in [5.41, 5.74) is 0.741. The van der Waals surface area contributed by atoms with E-state index in [0.29, 0.717) is 5.13 Å². The van der Waals surface area contributed by atoms with Crippen LogP contribution >= 0.6 is 22.7 Å². The molecule has 0 aromatic carbocycles. The average molecular weight is 308 g/mol. The number of hydrogen-bond acceptors (Lipinski definition) is 5. The molecule has 0 aliphatic rings. The van der Waals surface area contributed by atoms with Gasteiger partial charge in [-0.1, -0.05) is 0 Å². The van der Waals surface area contributed by atoms with Gasteiger partial charge in [-0.15, -0.1) is 22.7 Å². The minimum absolute atomic E-state index is 0.0253. The van der Waals surface area contributed by atoms with Crippen LogP contribution in [-0.4, -0.2) is 16.7 Å². The van der Waals surface area contributed by atoms with Crippen molar-refractivity contribution in [2.24, 2.45) is 0 Å². The highest BCUT2D eigenvalue weighted by Gasteiger charge is 2.14. The van der Waals surface area contributed by atoms with Crippen molar-refractivity contribution in [1.82, 2.24) is 4.98 Å². The molecule has 0 atom stereocenters. The Morgan fingerprint density at radius 3 is 2.45 bits per heavy atom. The summed E-state index contributed by atoms with van der Waals surface area (Å²) >= 11 is 3.03. The third-order valence-corrected chi connectivity index (χ3v) is 4.58. The molecular formula is C14H16N2O2S2. The monoisotopic (exact) mass is 308 g/mol. The predicted octanol–water partition coefficient (Wildman–Crippen LogP) is 3.73. The second kappa shape index (κ2) is 6.28. The fraction of sp³-hybridized carbons (Fsp3) is 0.357. The van der Waals surface area contributed by atoms with Crippen LogP contribution in [-0.2, 0) is 4.79 Å². The SMILES string of the molecule is Cc1cnc(NC(=O)CCC(=O)c2cc(C)sc2C)s1. The summed E-state index contributed by atoms with van der Waals surface area (Å²) in [6, 6.07) is 1.89. The molecule has 0 radical (unpaired) electrons. The number of ketones is 1. The lowest BCUT2D eigenvalue weighted by Crippen LogP contribution is -2.13.